The van der Waals surface area contributed by atoms with E-state index in [0.717, 1.165) is 25.8 Å². The molecule has 98 valence electrons. The molecule has 3 nitrogen and oxygen atoms in total. The zero-order valence-electron chi connectivity index (χ0n) is 11.5. The van der Waals surface area contributed by atoms with Crippen LogP contribution in [0.25, 0.3) is 0 Å². The van der Waals surface area contributed by atoms with Crippen LogP contribution in [0.4, 0.5) is 4.79 Å². The summed E-state index contributed by atoms with van der Waals surface area (Å²) in [7, 11) is 0. The van der Waals surface area contributed by atoms with E-state index in [-0.39, 0.29) is 12.1 Å². The molecular formula is C14H25NO2. The highest BCUT2D eigenvalue weighted by molar-refractivity contribution is 5.68. The van der Waals surface area contributed by atoms with Crippen molar-refractivity contribution in [2.75, 3.05) is 6.54 Å². The molecule has 0 bridgehead atoms. The van der Waals surface area contributed by atoms with E-state index in [1.165, 1.54) is 0 Å². The second-order valence-corrected chi connectivity index (χ2v) is 5.98. The smallest absolute Gasteiger partial charge is 0.410 e. The molecule has 1 heterocycles. The topological polar surface area (TPSA) is 29.5 Å². The zero-order valence-corrected chi connectivity index (χ0v) is 11.5. The summed E-state index contributed by atoms with van der Waals surface area (Å²) in [6.07, 6.45) is 4.66. The van der Waals surface area contributed by atoms with Crippen LogP contribution < -0.4 is 0 Å². The number of hydrogen-bond acceptors (Lipinski definition) is 2. The number of rotatable bonds is 2. The monoisotopic (exact) mass is 239 g/mol. The second kappa shape index (κ2) is 5.56. The molecule has 0 aromatic rings. The lowest BCUT2D eigenvalue weighted by atomic mass is 9.91. The Morgan fingerprint density at radius 1 is 1.53 bits per heavy atom. The summed E-state index contributed by atoms with van der Waals surface area (Å²) in [4.78, 5) is 13.9. The standard InChI is InChI=1S/C14H25NO2/c1-6-7-12-10-11(2)8-9-15(12)13(16)17-14(3,4)5/h6,11-12H,1,7-10H2,2-5H3. The predicted octanol–water partition coefficient (Wildman–Crippen LogP) is 3.60. The van der Waals surface area contributed by atoms with Gasteiger partial charge < -0.3 is 9.64 Å². The van der Waals surface area contributed by atoms with Gasteiger partial charge >= 0.3 is 6.09 Å². The van der Waals surface area contributed by atoms with Crippen LogP contribution in [-0.4, -0.2) is 29.2 Å². The molecule has 2 unspecified atom stereocenters. The lowest BCUT2D eigenvalue weighted by Gasteiger charge is -2.38. The maximum Gasteiger partial charge on any atom is 0.410 e. The van der Waals surface area contributed by atoms with Crippen molar-refractivity contribution < 1.29 is 9.53 Å². The Bertz CT molecular complexity index is 280. The zero-order chi connectivity index (χ0) is 13.1. The Kier molecular flexibility index (Phi) is 4.61. The van der Waals surface area contributed by atoms with Gasteiger partial charge in [-0.3, -0.25) is 0 Å². The van der Waals surface area contributed by atoms with E-state index >= 15 is 0 Å². The van der Waals surface area contributed by atoms with E-state index in [2.05, 4.69) is 13.5 Å². The van der Waals surface area contributed by atoms with E-state index in [4.69, 9.17) is 4.74 Å². The molecule has 0 radical (unpaired) electrons. The number of piperidine rings is 1. The normalized spacial score (nSPS) is 25.5. The molecular weight excluding hydrogens is 214 g/mol. The Morgan fingerprint density at radius 2 is 2.18 bits per heavy atom. The lowest BCUT2D eigenvalue weighted by molar-refractivity contribution is 0.00599. The predicted molar refractivity (Wildman–Crippen MR) is 69.9 cm³/mol. The van der Waals surface area contributed by atoms with Crippen molar-refractivity contribution in [1.82, 2.24) is 4.90 Å². The van der Waals surface area contributed by atoms with Gasteiger partial charge in [0.1, 0.15) is 5.60 Å². The van der Waals surface area contributed by atoms with Crippen molar-refractivity contribution in [2.45, 2.75) is 58.6 Å². The Hall–Kier alpha value is -0.990. The lowest BCUT2D eigenvalue weighted by Crippen LogP contribution is -2.47. The number of ether oxygens (including phenoxy) is 1. The maximum atomic E-state index is 12.1. The highest BCUT2D eigenvalue weighted by Crippen LogP contribution is 2.26. The molecule has 0 aliphatic carbocycles. The van der Waals surface area contributed by atoms with Gasteiger partial charge in [-0.25, -0.2) is 4.79 Å². The molecule has 2 atom stereocenters. The highest BCUT2D eigenvalue weighted by Gasteiger charge is 2.31. The van der Waals surface area contributed by atoms with Crippen LogP contribution in [0.15, 0.2) is 12.7 Å². The molecule has 1 aliphatic heterocycles. The van der Waals surface area contributed by atoms with E-state index in [9.17, 15) is 4.79 Å². The Labute approximate surface area is 105 Å². The average Bonchev–Trinajstić information content (AvgIpc) is 2.15. The molecule has 0 aromatic heterocycles. The van der Waals surface area contributed by atoms with Crippen molar-refractivity contribution >= 4 is 6.09 Å². The minimum Gasteiger partial charge on any atom is -0.444 e. The first-order valence-electron chi connectivity index (χ1n) is 6.44. The van der Waals surface area contributed by atoms with Gasteiger partial charge in [-0.2, -0.15) is 0 Å². The minimum absolute atomic E-state index is 0.184. The van der Waals surface area contributed by atoms with Gasteiger partial charge in [0.05, 0.1) is 0 Å². The molecule has 1 rings (SSSR count). The summed E-state index contributed by atoms with van der Waals surface area (Å²) >= 11 is 0. The van der Waals surface area contributed by atoms with Gasteiger partial charge in [0.25, 0.3) is 0 Å². The van der Waals surface area contributed by atoms with Crippen molar-refractivity contribution in [3.63, 3.8) is 0 Å². The third-order valence-corrected chi connectivity index (χ3v) is 3.04. The summed E-state index contributed by atoms with van der Waals surface area (Å²) in [5.74, 6) is 0.679. The van der Waals surface area contributed by atoms with Gasteiger partial charge in [0, 0.05) is 12.6 Å². The van der Waals surface area contributed by atoms with Crippen LogP contribution in [-0.2, 0) is 4.74 Å². The van der Waals surface area contributed by atoms with Crippen molar-refractivity contribution in [1.29, 1.82) is 0 Å². The molecule has 0 saturated carbocycles. The fourth-order valence-corrected chi connectivity index (χ4v) is 2.23. The Balaban J connectivity index is 2.65. The number of nitrogens with zero attached hydrogens (tertiary/aromatic N) is 1. The molecule has 1 aliphatic rings. The highest BCUT2D eigenvalue weighted by atomic mass is 16.6. The van der Waals surface area contributed by atoms with E-state index in [0.29, 0.717) is 5.92 Å². The number of carbonyl (C=O) groups is 1. The van der Waals surface area contributed by atoms with Crippen LogP contribution in [0.2, 0.25) is 0 Å². The summed E-state index contributed by atoms with van der Waals surface area (Å²) in [5, 5.41) is 0. The summed E-state index contributed by atoms with van der Waals surface area (Å²) in [5.41, 5.74) is -0.418. The van der Waals surface area contributed by atoms with Crippen LogP contribution in [0, 0.1) is 5.92 Å². The van der Waals surface area contributed by atoms with Crippen molar-refractivity contribution in [2.24, 2.45) is 5.92 Å². The number of likely N-dealkylation sites (tertiary alicyclic amines) is 1. The first-order valence-corrected chi connectivity index (χ1v) is 6.44. The van der Waals surface area contributed by atoms with Crippen LogP contribution in [0.1, 0.15) is 47.0 Å². The van der Waals surface area contributed by atoms with Crippen LogP contribution >= 0.6 is 0 Å². The summed E-state index contributed by atoms with van der Waals surface area (Å²) < 4.78 is 5.44. The van der Waals surface area contributed by atoms with Crippen LogP contribution in [0.5, 0.6) is 0 Å². The van der Waals surface area contributed by atoms with E-state index < -0.39 is 5.60 Å². The molecule has 3 heteroatoms. The molecule has 0 aromatic carbocycles. The SMILES string of the molecule is C=CCC1CC(C)CCN1C(=O)OC(C)(C)C. The first kappa shape index (κ1) is 14.1. The van der Waals surface area contributed by atoms with Gasteiger partial charge in [-0.15, -0.1) is 6.58 Å². The van der Waals surface area contributed by atoms with E-state index in [1.54, 1.807) is 0 Å². The fourth-order valence-electron chi connectivity index (χ4n) is 2.23. The maximum absolute atomic E-state index is 12.1. The quantitative estimate of drug-likeness (QED) is 0.689. The minimum atomic E-state index is -0.418. The number of amides is 1. The summed E-state index contributed by atoms with van der Waals surface area (Å²) in [6.45, 7) is 12.5. The van der Waals surface area contributed by atoms with Crippen LogP contribution in [0.3, 0.4) is 0 Å². The van der Waals surface area contributed by atoms with Crippen molar-refractivity contribution in [3.05, 3.63) is 12.7 Å². The molecule has 0 N–H and O–H groups in total. The Morgan fingerprint density at radius 3 is 2.71 bits per heavy atom. The molecule has 1 saturated heterocycles. The van der Waals surface area contributed by atoms with Gasteiger partial charge in [-0.1, -0.05) is 13.0 Å². The average molecular weight is 239 g/mol. The third-order valence-electron chi connectivity index (χ3n) is 3.04. The summed E-state index contributed by atoms with van der Waals surface area (Å²) in [6, 6.07) is 0.256. The van der Waals surface area contributed by atoms with Gasteiger partial charge in [0.15, 0.2) is 0 Å². The third kappa shape index (κ3) is 4.41. The number of hydrogen-bond donors (Lipinski definition) is 0. The largest absolute Gasteiger partial charge is 0.444 e. The van der Waals surface area contributed by atoms with Gasteiger partial charge in [-0.05, 0) is 46.0 Å². The van der Waals surface area contributed by atoms with Crippen molar-refractivity contribution in [3.8, 4) is 0 Å². The fraction of sp³-hybridized carbons (Fsp3) is 0.786. The molecule has 0 spiro atoms. The number of carbonyl (C=O) groups excluding carboxylic acids is 1. The second-order valence-electron chi connectivity index (χ2n) is 5.98. The molecule has 17 heavy (non-hydrogen) atoms. The van der Waals surface area contributed by atoms with Gasteiger partial charge in [0.2, 0.25) is 0 Å². The molecule has 1 amide bonds. The van der Waals surface area contributed by atoms with E-state index in [1.807, 2.05) is 31.7 Å². The first-order chi connectivity index (χ1) is 7.83. The molecule has 1 fully saturated rings.